The van der Waals surface area contributed by atoms with Crippen molar-refractivity contribution in [1.82, 2.24) is 14.9 Å². The van der Waals surface area contributed by atoms with Crippen LogP contribution in [-0.2, 0) is 0 Å². The molecule has 0 fully saturated rings. The number of nitrogens with one attached hydrogen (secondary N) is 2. The van der Waals surface area contributed by atoms with Gasteiger partial charge in [-0.2, -0.15) is 0 Å². The minimum absolute atomic E-state index is 0.0469. The van der Waals surface area contributed by atoms with Crippen LogP contribution >= 0.6 is 0 Å². The lowest BCUT2D eigenvalue weighted by molar-refractivity contribution is 0.716. The lowest BCUT2D eigenvalue weighted by atomic mass is 10.2. The van der Waals surface area contributed by atoms with Gasteiger partial charge in [0.2, 0.25) is 0 Å². The molecule has 0 saturated carbocycles. The van der Waals surface area contributed by atoms with Gasteiger partial charge in [-0.25, -0.2) is 4.79 Å². The first-order chi connectivity index (χ1) is 7.86. The van der Waals surface area contributed by atoms with Gasteiger partial charge in [0.1, 0.15) is 0 Å². The van der Waals surface area contributed by atoms with Gasteiger partial charge in [0.25, 0.3) is 0 Å². The Morgan fingerprint density at radius 1 is 1.25 bits per heavy atom. The van der Waals surface area contributed by atoms with E-state index < -0.39 is 0 Å². The summed E-state index contributed by atoms with van der Waals surface area (Å²) in [5, 5.41) is 3.24. The van der Waals surface area contributed by atoms with Gasteiger partial charge in [-0.3, -0.25) is 4.57 Å². The molecule has 2 N–H and O–H groups in total. The number of rotatable bonds is 1. The van der Waals surface area contributed by atoms with E-state index in [1.807, 2.05) is 24.3 Å². The summed E-state index contributed by atoms with van der Waals surface area (Å²) in [6, 6.07) is 7.78. The highest BCUT2D eigenvalue weighted by molar-refractivity contribution is 5.79. The molecule has 82 valence electrons. The van der Waals surface area contributed by atoms with E-state index in [-0.39, 0.29) is 5.69 Å². The Kier molecular flexibility index (Phi) is 2.15. The van der Waals surface area contributed by atoms with E-state index in [0.717, 1.165) is 36.2 Å². The fourth-order valence-corrected chi connectivity index (χ4v) is 2.15. The van der Waals surface area contributed by atoms with Gasteiger partial charge in [0.15, 0.2) is 0 Å². The molecule has 0 spiro atoms. The number of aromatic nitrogens is 2. The van der Waals surface area contributed by atoms with E-state index >= 15 is 0 Å². The van der Waals surface area contributed by atoms with Crippen molar-refractivity contribution in [1.29, 1.82) is 0 Å². The fourth-order valence-electron chi connectivity index (χ4n) is 2.15. The second-order valence-corrected chi connectivity index (χ2v) is 3.93. The number of benzene rings is 1. The first kappa shape index (κ1) is 9.42. The van der Waals surface area contributed by atoms with Crippen LogP contribution in [0.4, 0.5) is 0 Å². The van der Waals surface area contributed by atoms with Crippen molar-refractivity contribution in [2.45, 2.75) is 6.42 Å². The Morgan fingerprint density at radius 3 is 2.94 bits per heavy atom. The Labute approximate surface area is 92.6 Å². The Balaban J connectivity index is 2.26. The number of imidazole rings is 1. The third-order valence-electron chi connectivity index (χ3n) is 2.92. The molecular formula is C12H13N3O. The van der Waals surface area contributed by atoms with Gasteiger partial charge >= 0.3 is 5.69 Å². The van der Waals surface area contributed by atoms with Crippen molar-refractivity contribution in [2.75, 3.05) is 13.1 Å². The quantitative estimate of drug-likeness (QED) is 0.750. The Morgan fingerprint density at radius 2 is 2.12 bits per heavy atom. The minimum Gasteiger partial charge on any atom is -0.313 e. The van der Waals surface area contributed by atoms with Gasteiger partial charge in [-0.05, 0) is 12.1 Å². The normalized spacial score (nSPS) is 16.4. The molecule has 0 aliphatic carbocycles. The van der Waals surface area contributed by atoms with Gasteiger partial charge in [0, 0.05) is 25.2 Å². The number of hydrogen-bond acceptors (Lipinski definition) is 2. The number of aromatic amines is 1. The first-order valence-electron chi connectivity index (χ1n) is 5.46. The topological polar surface area (TPSA) is 49.8 Å². The number of fused-ring (bicyclic) bond motifs is 1. The molecule has 0 bridgehead atoms. The molecule has 0 atom stereocenters. The van der Waals surface area contributed by atoms with E-state index in [1.165, 1.54) is 0 Å². The molecule has 1 aromatic carbocycles. The van der Waals surface area contributed by atoms with Crippen LogP contribution in [0.1, 0.15) is 6.42 Å². The summed E-state index contributed by atoms with van der Waals surface area (Å²) >= 11 is 0. The maximum atomic E-state index is 11.9. The monoisotopic (exact) mass is 215 g/mol. The van der Waals surface area contributed by atoms with Gasteiger partial charge in [-0.15, -0.1) is 0 Å². The van der Waals surface area contributed by atoms with Crippen LogP contribution in [0.3, 0.4) is 0 Å². The summed E-state index contributed by atoms with van der Waals surface area (Å²) in [5.41, 5.74) is 2.89. The highest BCUT2D eigenvalue weighted by atomic mass is 16.1. The van der Waals surface area contributed by atoms with Crippen LogP contribution < -0.4 is 11.0 Å². The summed E-state index contributed by atoms with van der Waals surface area (Å²) < 4.78 is 1.77. The van der Waals surface area contributed by atoms with Gasteiger partial charge in [0.05, 0.1) is 11.0 Å². The maximum absolute atomic E-state index is 11.9. The molecule has 1 aliphatic heterocycles. The predicted molar refractivity (Wildman–Crippen MR) is 64.3 cm³/mol. The second-order valence-electron chi connectivity index (χ2n) is 3.93. The zero-order chi connectivity index (χ0) is 11.0. The average Bonchev–Trinajstić information content (AvgIpc) is 2.66. The largest absolute Gasteiger partial charge is 0.330 e. The fraction of sp³-hybridized carbons (Fsp3) is 0.250. The molecule has 4 nitrogen and oxygen atoms in total. The van der Waals surface area contributed by atoms with Gasteiger partial charge in [-0.1, -0.05) is 18.2 Å². The van der Waals surface area contributed by atoms with Crippen molar-refractivity contribution in [3.8, 4) is 0 Å². The van der Waals surface area contributed by atoms with Crippen LogP contribution in [0.15, 0.2) is 35.1 Å². The number of nitrogens with zero attached hydrogens (tertiary/aromatic N) is 1. The number of H-pyrrole nitrogens is 1. The molecule has 4 heteroatoms. The van der Waals surface area contributed by atoms with E-state index in [0.29, 0.717) is 0 Å². The predicted octanol–water partition coefficient (Wildman–Crippen LogP) is 1.16. The third-order valence-corrected chi connectivity index (χ3v) is 2.92. The summed E-state index contributed by atoms with van der Waals surface area (Å²) in [4.78, 5) is 14.8. The minimum atomic E-state index is -0.0469. The van der Waals surface area contributed by atoms with Crippen LogP contribution in [0.25, 0.3) is 16.7 Å². The molecule has 0 radical (unpaired) electrons. The summed E-state index contributed by atoms with van der Waals surface area (Å²) in [6.45, 7) is 1.76. The van der Waals surface area contributed by atoms with E-state index in [2.05, 4.69) is 16.4 Å². The molecule has 1 aromatic heterocycles. The molecule has 2 heterocycles. The lowest BCUT2D eigenvalue weighted by Crippen LogP contribution is -2.25. The molecular weight excluding hydrogens is 202 g/mol. The zero-order valence-electron chi connectivity index (χ0n) is 8.86. The SMILES string of the molecule is O=c1[nH]c2ccccc2n1C1=CCNCC1. The van der Waals surface area contributed by atoms with Crippen molar-refractivity contribution >= 4 is 16.7 Å². The van der Waals surface area contributed by atoms with Crippen LogP contribution in [0.2, 0.25) is 0 Å². The number of para-hydroxylation sites is 2. The molecule has 16 heavy (non-hydrogen) atoms. The summed E-state index contributed by atoms with van der Waals surface area (Å²) in [7, 11) is 0. The zero-order valence-corrected chi connectivity index (χ0v) is 8.86. The Bertz CT molecular complexity index is 606. The summed E-state index contributed by atoms with van der Waals surface area (Å²) in [5.74, 6) is 0. The standard InChI is InChI=1S/C12H13N3O/c16-12-14-10-3-1-2-4-11(10)15(12)9-5-7-13-8-6-9/h1-5,13H,6-8H2,(H,14,16). The average molecular weight is 215 g/mol. The highest BCUT2D eigenvalue weighted by Crippen LogP contribution is 2.16. The molecule has 2 aromatic rings. The third kappa shape index (κ3) is 1.39. The van der Waals surface area contributed by atoms with Crippen LogP contribution in [0.5, 0.6) is 0 Å². The first-order valence-corrected chi connectivity index (χ1v) is 5.46. The molecule has 0 saturated heterocycles. The van der Waals surface area contributed by atoms with Gasteiger partial charge < -0.3 is 10.3 Å². The molecule has 1 aliphatic rings. The van der Waals surface area contributed by atoms with Crippen molar-refractivity contribution < 1.29 is 0 Å². The summed E-state index contributed by atoms with van der Waals surface area (Å²) in [6.07, 6.45) is 2.97. The van der Waals surface area contributed by atoms with E-state index in [9.17, 15) is 4.79 Å². The smallest absolute Gasteiger partial charge is 0.313 e. The maximum Gasteiger partial charge on any atom is 0.330 e. The van der Waals surface area contributed by atoms with Crippen LogP contribution in [-0.4, -0.2) is 22.6 Å². The second kappa shape index (κ2) is 3.64. The van der Waals surface area contributed by atoms with E-state index in [4.69, 9.17) is 0 Å². The van der Waals surface area contributed by atoms with Crippen molar-refractivity contribution in [3.05, 3.63) is 40.8 Å². The Hall–Kier alpha value is -1.81. The lowest BCUT2D eigenvalue weighted by Gasteiger charge is -2.14. The molecule has 3 rings (SSSR count). The van der Waals surface area contributed by atoms with Crippen molar-refractivity contribution in [3.63, 3.8) is 0 Å². The highest BCUT2D eigenvalue weighted by Gasteiger charge is 2.11. The molecule has 0 amide bonds. The molecule has 0 unspecified atom stereocenters. The van der Waals surface area contributed by atoms with Crippen molar-refractivity contribution in [2.24, 2.45) is 0 Å². The number of hydrogen-bond donors (Lipinski definition) is 2. The van der Waals surface area contributed by atoms with Crippen LogP contribution in [0, 0.1) is 0 Å². The van der Waals surface area contributed by atoms with E-state index in [1.54, 1.807) is 4.57 Å².